The summed E-state index contributed by atoms with van der Waals surface area (Å²) in [7, 11) is 0. The molecule has 2 aromatic rings. The number of ether oxygens (including phenoxy) is 1. The minimum atomic E-state index is 0. The van der Waals surface area contributed by atoms with E-state index < -0.39 is 0 Å². The monoisotopic (exact) mass is 383 g/mol. The molecule has 5 nitrogen and oxygen atoms in total. The molecule has 0 saturated heterocycles. The number of aromatic nitrogens is 3. The van der Waals surface area contributed by atoms with Crippen molar-refractivity contribution >= 4 is 37.0 Å². The van der Waals surface area contributed by atoms with Gasteiger partial charge in [0.25, 0.3) is 0 Å². The molecule has 0 saturated carbocycles. The highest BCUT2D eigenvalue weighted by atomic mass is 32.2. The molecule has 1 aliphatic heterocycles. The second-order valence-corrected chi connectivity index (χ2v) is 6.31. The zero-order valence-corrected chi connectivity index (χ0v) is 17.5. The summed E-state index contributed by atoms with van der Waals surface area (Å²) in [4.78, 5) is 8.43. The summed E-state index contributed by atoms with van der Waals surface area (Å²) in [5.74, 6) is 2.41. The predicted molar refractivity (Wildman–Crippen MR) is 118 cm³/mol. The Labute approximate surface area is 168 Å². The Bertz CT molecular complexity index is 829. The lowest BCUT2D eigenvalue weighted by molar-refractivity contribution is 0.383. The fourth-order valence-corrected chi connectivity index (χ4v) is 3.92. The molecule has 0 bridgehead atoms. The number of rotatable bonds is 3. The van der Waals surface area contributed by atoms with Crippen LogP contribution in [0.4, 0.5) is 5.82 Å². The number of anilines is 1. The number of allylic oxidation sites excluding steroid dienone is 3. The van der Waals surface area contributed by atoms with Gasteiger partial charge >= 0.3 is 0 Å². The predicted octanol–water partition coefficient (Wildman–Crippen LogP) is 4.78. The highest BCUT2D eigenvalue weighted by Crippen LogP contribution is 2.41. The summed E-state index contributed by atoms with van der Waals surface area (Å²) in [5.41, 5.74) is 6.85. The summed E-state index contributed by atoms with van der Waals surface area (Å²) >= 11 is 1.78. The van der Waals surface area contributed by atoms with Crippen molar-refractivity contribution in [1.82, 2.24) is 14.5 Å². The van der Waals surface area contributed by atoms with Gasteiger partial charge in [0.05, 0.1) is 5.92 Å². The number of thioether (sulfide) groups is 1. The third-order valence-electron chi connectivity index (χ3n) is 3.97. The minimum Gasteiger partial charge on any atom is -0.458 e. The van der Waals surface area contributed by atoms with Gasteiger partial charge in [-0.05, 0) is 6.92 Å². The van der Waals surface area contributed by atoms with Gasteiger partial charge in [-0.2, -0.15) is 0 Å². The normalized spacial score (nSPS) is 19.1. The molecule has 0 aromatic carbocycles. The van der Waals surface area contributed by atoms with Crippen LogP contribution in [-0.2, 0) is 6.54 Å². The largest absolute Gasteiger partial charge is 0.458 e. The Morgan fingerprint density at radius 2 is 1.85 bits per heavy atom. The number of nitrogens with zero attached hydrogens (tertiary/aromatic N) is 3. The number of nitrogens with two attached hydrogens (primary N) is 1. The van der Waals surface area contributed by atoms with Crippen LogP contribution < -0.4 is 10.5 Å². The lowest BCUT2D eigenvalue weighted by atomic mass is 9.99. The highest BCUT2D eigenvalue weighted by Gasteiger charge is 2.30. The third kappa shape index (κ3) is 4.58. The zero-order valence-electron chi connectivity index (χ0n) is 16.7. The van der Waals surface area contributed by atoms with Crippen LogP contribution in [0.2, 0.25) is 0 Å². The second-order valence-electron chi connectivity index (χ2n) is 5.26. The Morgan fingerprint density at radius 1 is 1.15 bits per heavy atom. The lowest BCUT2D eigenvalue weighted by Gasteiger charge is -2.18. The van der Waals surface area contributed by atoms with E-state index in [4.69, 9.17) is 10.5 Å². The Kier molecular flexibility index (Phi) is 9.22. The summed E-state index contributed by atoms with van der Waals surface area (Å²) in [6.07, 6.45) is 12.0. The van der Waals surface area contributed by atoms with E-state index >= 15 is 0 Å². The van der Waals surface area contributed by atoms with E-state index in [9.17, 15) is 0 Å². The van der Waals surface area contributed by atoms with Gasteiger partial charge in [0, 0.05) is 31.8 Å². The van der Waals surface area contributed by atoms with Gasteiger partial charge in [-0.25, -0.2) is 9.97 Å². The van der Waals surface area contributed by atoms with Crippen molar-refractivity contribution < 1.29 is 4.74 Å². The molecule has 0 amide bonds. The highest BCUT2D eigenvalue weighted by molar-refractivity contribution is 8.03. The van der Waals surface area contributed by atoms with Crippen LogP contribution in [0.25, 0.3) is 11.0 Å². The maximum Gasteiger partial charge on any atom is 0.157 e. The average Bonchev–Trinajstić information content (AvgIpc) is 3.28. The summed E-state index contributed by atoms with van der Waals surface area (Å²) < 4.78 is 8.22. The smallest absolute Gasteiger partial charge is 0.157 e. The summed E-state index contributed by atoms with van der Waals surface area (Å²) in [6, 6.07) is 0. The first-order chi connectivity index (χ1) is 12.8. The van der Waals surface area contributed by atoms with Gasteiger partial charge in [-0.15, -0.1) is 11.8 Å². The van der Waals surface area contributed by atoms with Crippen molar-refractivity contribution in [2.24, 2.45) is 5.92 Å². The van der Waals surface area contributed by atoms with E-state index in [-0.39, 0.29) is 14.3 Å². The molecule has 2 aliphatic rings. The minimum absolute atomic E-state index is 0. The Morgan fingerprint density at radius 3 is 2.56 bits per heavy atom. The molecule has 2 unspecified atom stereocenters. The maximum atomic E-state index is 6.20. The standard InChI is InChI=1S/C16H16N4OS.2C2H6.B/c1-2-20-7-11(14-15(17)18-9-19-16(14)20)21-12-8-22-13-6-4-3-5-10(12)13;2*1-2;/h3-10,13H,2H2,1H3,(H2,17,18,19);2*1-2H3;. The van der Waals surface area contributed by atoms with Gasteiger partial charge in [0.2, 0.25) is 0 Å². The molecule has 3 radical (unpaired) electrons. The molecule has 27 heavy (non-hydrogen) atoms. The summed E-state index contributed by atoms with van der Waals surface area (Å²) in [6.45, 7) is 10.9. The van der Waals surface area contributed by atoms with Crippen molar-refractivity contribution in [2.75, 3.05) is 5.73 Å². The molecular weight excluding hydrogens is 355 g/mol. The molecule has 143 valence electrons. The van der Waals surface area contributed by atoms with Crippen molar-refractivity contribution in [1.29, 1.82) is 0 Å². The molecule has 3 heterocycles. The molecule has 4 rings (SSSR count). The molecule has 2 N–H and O–H groups in total. The number of hydrogen-bond acceptors (Lipinski definition) is 5. The quantitative estimate of drug-likeness (QED) is 0.773. The van der Waals surface area contributed by atoms with Crippen LogP contribution in [0.3, 0.4) is 0 Å². The van der Waals surface area contributed by atoms with E-state index in [0.29, 0.717) is 11.1 Å². The SMILES string of the molecule is CC.CC.CCn1cc(OC2=CSC3C=CC=CC23)c2c(N)ncnc21.[B]. The fraction of sp³-hybridized carbons (Fsp3) is 0.400. The van der Waals surface area contributed by atoms with E-state index in [1.165, 1.54) is 6.33 Å². The van der Waals surface area contributed by atoms with E-state index in [1.54, 1.807) is 11.8 Å². The molecule has 1 aliphatic carbocycles. The Balaban J connectivity index is 0.000000686. The molecule has 2 aromatic heterocycles. The van der Waals surface area contributed by atoms with Crippen LogP contribution in [0.5, 0.6) is 5.75 Å². The van der Waals surface area contributed by atoms with Gasteiger partial charge in [0.1, 0.15) is 28.9 Å². The molecule has 0 spiro atoms. The van der Waals surface area contributed by atoms with Crippen LogP contribution >= 0.6 is 11.8 Å². The first-order valence-corrected chi connectivity index (χ1v) is 10.2. The maximum absolute atomic E-state index is 6.20. The molecule has 2 atom stereocenters. The number of aryl methyl sites for hydroxylation is 1. The third-order valence-corrected chi connectivity index (χ3v) is 5.10. The van der Waals surface area contributed by atoms with Crippen molar-refractivity contribution in [3.8, 4) is 5.75 Å². The first kappa shape index (κ1) is 22.9. The lowest BCUT2D eigenvalue weighted by Crippen LogP contribution is -2.15. The Hall–Kier alpha value is -2.15. The number of nitrogen functional groups attached to an aromatic ring is 1. The molecule has 0 fully saturated rings. The molecular formula is C20H28BN4OS. The van der Waals surface area contributed by atoms with Crippen LogP contribution in [0, 0.1) is 5.92 Å². The first-order valence-electron chi connectivity index (χ1n) is 9.25. The van der Waals surface area contributed by atoms with Crippen LogP contribution in [0.1, 0.15) is 34.6 Å². The van der Waals surface area contributed by atoms with Gasteiger partial charge in [0.15, 0.2) is 5.75 Å². The zero-order chi connectivity index (χ0) is 19.1. The molecule has 7 heteroatoms. The van der Waals surface area contributed by atoms with Crippen LogP contribution in [-0.4, -0.2) is 28.2 Å². The second kappa shape index (κ2) is 10.9. The van der Waals surface area contributed by atoms with Crippen molar-refractivity contribution in [3.63, 3.8) is 0 Å². The number of fused-ring (bicyclic) bond motifs is 2. The van der Waals surface area contributed by atoms with E-state index in [2.05, 4.69) is 46.6 Å². The fourth-order valence-electron chi connectivity index (χ4n) is 2.85. The van der Waals surface area contributed by atoms with Gasteiger partial charge in [-0.3, -0.25) is 0 Å². The van der Waals surface area contributed by atoms with Gasteiger partial charge in [-0.1, -0.05) is 52.0 Å². The summed E-state index contributed by atoms with van der Waals surface area (Å²) in [5, 5.41) is 3.30. The van der Waals surface area contributed by atoms with Crippen molar-refractivity contribution in [3.05, 3.63) is 48.0 Å². The average molecular weight is 383 g/mol. The number of hydrogen-bond donors (Lipinski definition) is 1. The van der Waals surface area contributed by atoms with Gasteiger partial charge < -0.3 is 15.0 Å². The topological polar surface area (TPSA) is 66.0 Å². The van der Waals surface area contributed by atoms with Crippen LogP contribution in [0.15, 0.2) is 48.0 Å². The van der Waals surface area contributed by atoms with E-state index in [0.717, 1.165) is 29.1 Å². The van der Waals surface area contributed by atoms with E-state index in [1.807, 2.05) is 38.5 Å². The van der Waals surface area contributed by atoms with Crippen molar-refractivity contribution in [2.45, 2.75) is 46.4 Å².